The van der Waals surface area contributed by atoms with Gasteiger partial charge in [-0.3, -0.25) is 18.5 Å². The fraction of sp³-hybridized carbons (Fsp3) is 0. The molecule has 0 spiro atoms. The van der Waals surface area contributed by atoms with Gasteiger partial charge in [-0.1, -0.05) is 66.7 Å². The van der Waals surface area contributed by atoms with Gasteiger partial charge >= 0.3 is 0 Å². The van der Waals surface area contributed by atoms with E-state index >= 15 is 0 Å². The van der Waals surface area contributed by atoms with Gasteiger partial charge in [0.05, 0.1) is 23.0 Å². The van der Waals surface area contributed by atoms with Crippen molar-refractivity contribution in [3.05, 3.63) is 131 Å². The molecule has 3 aromatic heterocycles. The van der Waals surface area contributed by atoms with Crippen LogP contribution in [-0.4, -0.2) is 13.7 Å². The van der Waals surface area contributed by atoms with Crippen molar-refractivity contribution in [1.82, 2.24) is 13.7 Å². The van der Waals surface area contributed by atoms with Crippen LogP contribution in [0.2, 0.25) is 0 Å². The quantitative estimate of drug-likeness (QED) is 0.279. The van der Waals surface area contributed by atoms with Gasteiger partial charge in [-0.15, -0.1) is 0 Å². The van der Waals surface area contributed by atoms with Crippen LogP contribution in [-0.2, 0) is 0 Å². The Balaban J connectivity index is 1.85. The van der Waals surface area contributed by atoms with Gasteiger partial charge in [0.1, 0.15) is 5.65 Å². The average molecular weight is 462 g/mol. The van der Waals surface area contributed by atoms with Crippen LogP contribution >= 0.6 is 12.2 Å². The molecule has 0 aliphatic carbocycles. The van der Waals surface area contributed by atoms with E-state index in [1.165, 1.54) is 0 Å². The summed E-state index contributed by atoms with van der Waals surface area (Å²) in [5, 5.41) is 0.538. The number of nitrogens with zero attached hydrogens (tertiary/aromatic N) is 3. The first-order valence-electron chi connectivity index (χ1n) is 10.9. The molecule has 0 bridgehead atoms. The van der Waals surface area contributed by atoms with Crippen molar-refractivity contribution >= 4 is 23.3 Å². The van der Waals surface area contributed by atoms with Crippen molar-refractivity contribution in [2.45, 2.75) is 0 Å². The first-order valence-corrected chi connectivity index (χ1v) is 11.3. The number of rotatable bonds is 4. The molecule has 0 saturated heterocycles. The average Bonchev–Trinajstić information content (AvgIpc) is 3.54. The Kier molecular flexibility index (Phi) is 4.86. The summed E-state index contributed by atoms with van der Waals surface area (Å²) >= 11 is 5.97. The molecule has 3 heterocycles. The lowest BCUT2D eigenvalue weighted by Crippen LogP contribution is -2.24. The molecule has 6 aromatic rings. The van der Waals surface area contributed by atoms with Crippen molar-refractivity contribution in [2.24, 2.45) is 0 Å². The van der Waals surface area contributed by atoms with Crippen LogP contribution in [0.25, 0.3) is 39.5 Å². The first kappa shape index (κ1) is 20.2. The van der Waals surface area contributed by atoms with Crippen LogP contribution in [0.3, 0.4) is 0 Å². The molecular formula is C28H19N3O2S. The number of benzene rings is 3. The van der Waals surface area contributed by atoms with Gasteiger partial charge in [-0.2, -0.15) is 0 Å². The molecule has 0 radical (unpaired) electrons. The highest BCUT2D eigenvalue weighted by Gasteiger charge is 2.23. The van der Waals surface area contributed by atoms with E-state index in [1.807, 2.05) is 118 Å². The van der Waals surface area contributed by atoms with Crippen LogP contribution < -0.4 is 5.56 Å². The minimum Gasteiger partial charge on any atom is -0.448 e. The molecule has 6 rings (SSSR count). The Hall–Kier alpha value is -4.42. The fourth-order valence-corrected chi connectivity index (χ4v) is 4.71. The van der Waals surface area contributed by atoms with Crippen molar-refractivity contribution < 1.29 is 4.42 Å². The summed E-state index contributed by atoms with van der Waals surface area (Å²) in [6, 6.07) is 34.9. The molecule has 6 heteroatoms. The summed E-state index contributed by atoms with van der Waals surface area (Å²) in [5.41, 5.74) is 3.85. The van der Waals surface area contributed by atoms with Gasteiger partial charge < -0.3 is 4.42 Å². The number of hydrogen-bond acceptors (Lipinski definition) is 3. The third-order valence-corrected chi connectivity index (χ3v) is 6.19. The fourth-order valence-electron chi connectivity index (χ4n) is 4.33. The Morgan fingerprint density at radius 3 is 1.82 bits per heavy atom. The molecule has 164 valence electrons. The molecule has 0 amide bonds. The summed E-state index contributed by atoms with van der Waals surface area (Å²) in [6.45, 7) is 0. The second-order valence-electron chi connectivity index (χ2n) is 7.85. The van der Waals surface area contributed by atoms with Gasteiger partial charge in [0, 0.05) is 11.8 Å². The Labute approximate surface area is 200 Å². The summed E-state index contributed by atoms with van der Waals surface area (Å²) in [7, 11) is 0. The topological polar surface area (TPSA) is 45.0 Å². The summed E-state index contributed by atoms with van der Waals surface area (Å²) < 4.78 is 11.7. The Morgan fingerprint density at radius 2 is 1.24 bits per heavy atom. The highest BCUT2D eigenvalue weighted by atomic mass is 32.1. The maximum atomic E-state index is 13.9. The largest absolute Gasteiger partial charge is 0.448 e. The van der Waals surface area contributed by atoms with Crippen LogP contribution in [0.4, 0.5) is 0 Å². The minimum atomic E-state index is -0.180. The first-order chi connectivity index (χ1) is 16.7. The van der Waals surface area contributed by atoms with E-state index in [-0.39, 0.29) is 5.56 Å². The molecule has 0 aliphatic rings. The van der Waals surface area contributed by atoms with Gasteiger partial charge in [0.15, 0.2) is 4.77 Å². The molecule has 0 saturated carbocycles. The second-order valence-corrected chi connectivity index (χ2v) is 8.21. The third-order valence-electron chi connectivity index (χ3n) is 5.83. The molecule has 3 aromatic carbocycles. The lowest BCUT2D eigenvalue weighted by molar-refractivity contribution is 0.542. The van der Waals surface area contributed by atoms with Gasteiger partial charge in [-0.05, 0) is 54.2 Å². The predicted molar refractivity (Wildman–Crippen MR) is 137 cm³/mol. The third kappa shape index (κ3) is 3.16. The summed E-state index contributed by atoms with van der Waals surface area (Å²) in [6.07, 6.45) is 1.63. The zero-order chi connectivity index (χ0) is 23.1. The lowest BCUT2D eigenvalue weighted by Gasteiger charge is -2.17. The maximum absolute atomic E-state index is 13.9. The van der Waals surface area contributed by atoms with E-state index in [0.717, 1.165) is 22.6 Å². The van der Waals surface area contributed by atoms with Crippen LogP contribution in [0.1, 0.15) is 0 Å². The molecular weight excluding hydrogens is 442 g/mol. The monoisotopic (exact) mass is 461 g/mol. The minimum absolute atomic E-state index is 0.180. The molecule has 34 heavy (non-hydrogen) atoms. The van der Waals surface area contributed by atoms with E-state index in [0.29, 0.717) is 21.7 Å². The van der Waals surface area contributed by atoms with Crippen molar-refractivity contribution in [1.29, 1.82) is 0 Å². The molecule has 5 nitrogen and oxygen atoms in total. The van der Waals surface area contributed by atoms with E-state index < -0.39 is 0 Å². The highest BCUT2D eigenvalue weighted by molar-refractivity contribution is 7.71. The zero-order valence-corrected chi connectivity index (χ0v) is 18.9. The summed E-state index contributed by atoms with van der Waals surface area (Å²) in [4.78, 5) is 13.9. The number of fused-ring (bicyclic) bond motifs is 1. The predicted octanol–water partition coefficient (Wildman–Crippen LogP) is 6.56. The Morgan fingerprint density at radius 1 is 0.647 bits per heavy atom. The van der Waals surface area contributed by atoms with E-state index in [4.69, 9.17) is 16.6 Å². The maximum Gasteiger partial charge on any atom is 0.268 e. The smallest absolute Gasteiger partial charge is 0.268 e. The Bertz CT molecular complexity index is 1710. The standard InChI is InChI=1S/C28H19N3O2S/c32-27-23-19-24(20-11-4-1-5-12-20)31(25-17-10-18-33-25)26(23)29(21-13-6-2-7-14-21)28(34)30(27)22-15-8-3-9-16-22/h1-19H. The molecule has 0 N–H and O–H groups in total. The molecule has 0 atom stereocenters. The van der Waals surface area contributed by atoms with E-state index in [2.05, 4.69) is 0 Å². The highest BCUT2D eigenvalue weighted by Crippen LogP contribution is 2.32. The van der Waals surface area contributed by atoms with Gasteiger partial charge in [0.2, 0.25) is 5.88 Å². The number of hydrogen-bond donors (Lipinski definition) is 0. The molecule has 0 unspecified atom stereocenters. The van der Waals surface area contributed by atoms with Crippen LogP contribution in [0, 0.1) is 4.77 Å². The molecule has 0 fully saturated rings. The number of para-hydroxylation sites is 2. The van der Waals surface area contributed by atoms with E-state index in [1.54, 1.807) is 10.8 Å². The van der Waals surface area contributed by atoms with E-state index in [9.17, 15) is 4.79 Å². The normalized spacial score (nSPS) is 11.2. The van der Waals surface area contributed by atoms with Gasteiger partial charge in [-0.25, -0.2) is 0 Å². The summed E-state index contributed by atoms with van der Waals surface area (Å²) in [5.74, 6) is 0.602. The zero-order valence-electron chi connectivity index (χ0n) is 18.0. The van der Waals surface area contributed by atoms with Crippen LogP contribution in [0.5, 0.6) is 0 Å². The number of furan rings is 1. The lowest BCUT2D eigenvalue weighted by atomic mass is 10.1. The van der Waals surface area contributed by atoms with Crippen molar-refractivity contribution in [2.75, 3.05) is 0 Å². The molecule has 0 aliphatic heterocycles. The van der Waals surface area contributed by atoms with Crippen molar-refractivity contribution in [3.63, 3.8) is 0 Å². The van der Waals surface area contributed by atoms with Crippen molar-refractivity contribution in [3.8, 4) is 28.5 Å². The second kappa shape index (κ2) is 8.17. The number of aromatic nitrogens is 3. The SMILES string of the molecule is O=c1c2cc(-c3ccccc3)n(-c3ccco3)c2n(-c2ccccc2)c(=S)n1-c1ccccc1. The van der Waals surface area contributed by atoms with Gasteiger partial charge in [0.25, 0.3) is 5.56 Å². The van der Waals surface area contributed by atoms with Crippen LogP contribution in [0.15, 0.2) is 125 Å².